The molecule has 226 valence electrons. The van der Waals surface area contributed by atoms with Gasteiger partial charge in [0.25, 0.3) is 0 Å². The Morgan fingerprint density at radius 2 is 1.51 bits per heavy atom. The molecule has 0 atom stereocenters. The van der Waals surface area contributed by atoms with Gasteiger partial charge in [0.05, 0.1) is 12.8 Å². The van der Waals surface area contributed by atoms with Gasteiger partial charge >= 0.3 is 5.97 Å². The molecule has 0 spiro atoms. The van der Waals surface area contributed by atoms with Crippen LogP contribution in [0, 0.1) is 5.92 Å². The van der Waals surface area contributed by atoms with Crippen LogP contribution < -0.4 is 10.1 Å². The molecule has 0 amide bonds. The third-order valence-electron chi connectivity index (χ3n) is 8.27. The van der Waals surface area contributed by atoms with Gasteiger partial charge in [-0.3, -0.25) is 9.59 Å². The van der Waals surface area contributed by atoms with Crippen molar-refractivity contribution in [2.45, 2.75) is 58.3 Å². The number of aromatic nitrogens is 1. The molecule has 0 radical (unpaired) electrons. The number of carbonyl (C=O) groups is 2. The molecule has 0 aliphatic carbocycles. The molecule has 0 fully saturated rings. The molecular weight excluding hydrogens is 536 g/mol. The number of hydrogen-bond donors (Lipinski definition) is 2. The maximum atomic E-state index is 13.8. The molecule has 4 aromatic rings. The van der Waals surface area contributed by atoms with Crippen molar-refractivity contribution >= 4 is 17.4 Å². The van der Waals surface area contributed by atoms with E-state index in [1.165, 1.54) is 11.1 Å². The van der Waals surface area contributed by atoms with E-state index >= 15 is 0 Å². The minimum atomic E-state index is -0.804. The zero-order valence-corrected chi connectivity index (χ0v) is 25.6. The largest absolute Gasteiger partial charge is 0.495 e. The first-order valence-electron chi connectivity index (χ1n) is 15.3. The third kappa shape index (κ3) is 8.84. The highest BCUT2D eigenvalue weighted by atomic mass is 16.5. The van der Waals surface area contributed by atoms with E-state index in [9.17, 15) is 9.59 Å². The number of rotatable bonds is 17. The Balaban J connectivity index is 1.51. The predicted octanol–water partition coefficient (Wildman–Crippen LogP) is 7.53. The van der Waals surface area contributed by atoms with E-state index in [-0.39, 0.29) is 12.2 Å². The summed E-state index contributed by atoms with van der Waals surface area (Å²) in [6.07, 6.45) is 6.12. The first-order chi connectivity index (χ1) is 20.9. The van der Waals surface area contributed by atoms with E-state index < -0.39 is 5.97 Å². The Hall–Kier alpha value is -4.32. The first-order valence-corrected chi connectivity index (χ1v) is 15.3. The smallest absolute Gasteiger partial charge is 0.303 e. The number of carboxylic acids is 1. The van der Waals surface area contributed by atoms with E-state index in [4.69, 9.17) is 9.84 Å². The summed E-state index contributed by atoms with van der Waals surface area (Å²) in [5.41, 5.74) is 6.72. The fourth-order valence-electron chi connectivity index (χ4n) is 5.76. The molecule has 4 rings (SSSR count). The molecule has 43 heavy (non-hydrogen) atoms. The fraction of sp³-hybridized carbons (Fsp3) is 0.351. The standard InChI is InChI=1S/C37H44N2O4/c1-4-34-32(25-31(39(34)2)16-11-17-36(40)41)37(42)30-22-23-35(43-3)33(24-30)38-26-29(20-18-27-12-7-5-8-13-27)21-19-28-14-9-6-10-15-28/h5-10,12-15,22-25,29,38H,4,11,16-21,26H2,1-3H3,(H,40,41). The number of nitrogens with one attached hydrogen (secondary N) is 1. The highest BCUT2D eigenvalue weighted by molar-refractivity contribution is 6.10. The van der Waals surface area contributed by atoms with Crippen LogP contribution in [-0.4, -0.2) is 35.1 Å². The summed E-state index contributed by atoms with van der Waals surface area (Å²) in [5.74, 6) is 0.299. The topological polar surface area (TPSA) is 80.6 Å². The second-order valence-electron chi connectivity index (χ2n) is 11.2. The molecule has 0 saturated heterocycles. The van der Waals surface area contributed by atoms with Crippen molar-refractivity contribution in [3.63, 3.8) is 0 Å². The van der Waals surface area contributed by atoms with Gasteiger partial charge in [-0.15, -0.1) is 0 Å². The van der Waals surface area contributed by atoms with Crippen LogP contribution in [0.4, 0.5) is 5.69 Å². The molecule has 0 unspecified atom stereocenters. The Bertz CT molecular complexity index is 1430. The molecule has 0 aliphatic rings. The van der Waals surface area contributed by atoms with Gasteiger partial charge in [-0.1, -0.05) is 67.6 Å². The zero-order valence-electron chi connectivity index (χ0n) is 25.6. The van der Waals surface area contributed by atoms with Crippen LogP contribution in [0.15, 0.2) is 84.9 Å². The summed E-state index contributed by atoms with van der Waals surface area (Å²) in [6, 6.07) is 28.7. The lowest BCUT2D eigenvalue weighted by atomic mass is 9.93. The van der Waals surface area contributed by atoms with E-state index in [1.807, 2.05) is 42.8 Å². The maximum absolute atomic E-state index is 13.8. The SMILES string of the molecule is CCc1c(C(=O)c2ccc(OC)c(NCC(CCc3ccccc3)CCc3ccccc3)c2)cc(CCCC(=O)O)n1C. The van der Waals surface area contributed by atoms with Crippen molar-refractivity contribution < 1.29 is 19.4 Å². The van der Waals surface area contributed by atoms with Crippen LogP contribution in [0.25, 0.3) is 0 Å². The number of nitrogens with zero attached hydrogens (tertiary/aromatic N) is 1. The molecule has 0 saturated carbocycles. The van der Waals surface area contributed by atoms with Gasteiger partial charge in [0.2, 0.25) is 0 Å². The number of carbonyl (C=O) groups excluding carboxylic acids is 1. The molecule has 6 nitrogen and oxygen atoms in total. The van der Waals surface area contributed by atoms with Crippen molar-refractivity contribution in [3.05, 3.63) is 119 Å². The Morgan fingerprint density at radius 3 is 2.07 bits per heavy atom. The molecular formula is C37H44N2O4. The lowest BCUT2D eigenvalue weighted by Gasteiger charge is -2.20. The van der Waals surface area contributed by atoms with Crippen LogP contribution in [-0.2, 0) is 37.5 Å². The van der Waals surface area contributed by atoms with Crippen LogP contribution in [0.3, 0.4) is 0 Å². The molecule has 1 heterocycles. The minimum Gasteiger partial charge on any atom is -0.495 e. The average Bonchev–Trinajstić information content (AvgIpc) is 3.35. The Morgan fingerprint density at radius 1 is 0.884 bits per heavy atom. The third-order valence-corrected chi connectivity index (χ3v) is 8.27. The van der Waals surface area contributed by atoms with Crippen molar-refractivity contribution in [1.29, 1.82) is 0 Å². The summed E-state index contributed by atoms with van der Waals surface area (Å²) >= 11 is 0. The highest BCUT2D eigenvalue weighted by Gasteiger charge is 2.21. The lowest BCUT2D eigenvalue weighted by molar-refractivity contribution is -0.137. The van der Waals surface area contributed by atoms with E-state index in [1.54, 1.807) is 7.11 Å². The van der Waals surface area contributed by atoms with Gasteiger partial charge in [-0.25, -0.2) is 0 Å². The number of anilines is 1. The van der Waals surface area contributed by atoms with Gasteiger partial charge in [0, 0.05) is 42.5 Å². The van der Waals surface area contributed by atoms with E-state index in [0.717, 1.165) is 49.3 Å². The van der Waals surface area contributed by atoms with Crippen LogP contribution in [0.2, 0.25) is 0 Å². The maximum Gasteiger partial charge on any atom is 0.303 e. The molecule has 0 aliphatic heterocycles. The monoisotopic (exact) mass is 580 g/mol. The van der Waals surface area contributed by atoms with E-state index in [2.05, 4.69) is 66.0 Å². The quantitative estimate of drug-likeness (QED) is 0.126. The number of ether oxygens (including phenoxy) is 1. The van der Waals surface area contributed by atoms with Crippen molar-refractivity contribution in [2.75, 3.05) is 19.0 Å². The molecule has 6 heteroatoms. The number of benzene rings is 3. The van der Waals surface area contributed by atoms with Crippen LogP contribution in [0.1, 0.15) is 71.0 Å². The number of methoxy groups -OCH3 is 1. The zero-order chi connectivity index (χ0) is 30.6. The Labute approximate surface area is 255 Å². The van der Waals surface area contributed by atoms with Gasteiger partial charge < -0.3 is 19.7 Å². The predicted molar refractivity (Wildman–Crippen MR) is 173 cm³/mol. The molecule has 3 aromatic carbocycles. The first kappa shape index (κ1) is 31.6. The minimum absolute atomic E-state index is 0.0349. The van der Waals surface area contributed by atoms with Crippen molar-refractivity contribution in [2.24, 2.45) is 13.0 Å². The van der Waals surface area contributed by atoms with Gasteiger partial charge in [-0.2, -0.15) is 0 Å². The highest BCUT2D eigenvalue weighted by Crippen LogP contribution is 2.29. The van der Waals surface area contributed by atoms with Gasteiger partial charge in [0.1, 0.15) is 5.75 Å². The summed E-state index contributed by atoms with van der Waals surface area (Å²) in [7, 11) is 3.61. The normalized spacial score (nSPS) is 11.1. The fourth-order valence-corrected chi connectivity index (χ4v) is 5.76. The van der Waals surface area contributed by atoms with E-state index in [0.29, 0.717) is 42.1 Å². The van der Waals surface area contributed by atoms with Crippen molar-refractivity contribution in [1.82, 2.24) is 4.57 Å². The number of carboxylic acid groups (broad SMARTS) is 1. The molecule has 0 bridgehead atoms. The number of aryl methyl sites for hydroxylation is 3. The summed E-state index contributed by atoms with van der Waals surface area (Å²) in [6.45, 7) is 2.81. The summed E-state index contributed by atoms with van der Waals surface area (Å²) in [5, 5.41) is 12.7. The van der Waals surface area contributed by atoms with Crippen molar-refractivity contribution in [3.8, 4) is 5.75 Å². The second-order valence-corrected chi connectivity index (χ2v) is 11.2. The molecule has 1 aromatic heterocycles. The molecule has 2 N–H and O–H groups in total. The van der Waals surface area contributed by atoms with Crippen LogP contribution >= 0.6 is 0 Å². The summed E-state index contributed by atoms with van der Waals surface area (Å²) in [4.78, 5) is 24.8. The van der Waals surface area contributed by atoms with Crippen LogP contribution in [0.5, 0.6) is 5.75 Å². The second kappa shape index (κ2) is 15.8. The number of hydrogen-bond acceptors (Lipinski definition) is 4. The summed E-state index contributed by atoms with van der Waals surface area (Å²) < 4.78 is 7.73. The average molecular weight is 581 g/mol. The number of aliphatic carboxylic acids is 1. The van der Waals surface area contributed by atoms with Gasteiger partial charge in [-0.05, 0) is 86.3 Å². The Kier molecular flexibility index (Phi) is 11.6. The van der Waals surface area contributed by atoms with Gasteiger partial charge in [0.15, 0.2) is 5.78 Å². The number of ketones is 1. The lowest BCUT2D eigenvalue weighted by Crippen LogP contribution is -2.17.